The number of likely N-dealkylation sites (N-methyl/N-ethyl adjacent to an activating group) is 1. The van der Waals surface area contributed by atoms with Gasteiger partial charge in [-0.1, -0.05) is 19.0 Å². The van der Waals surface area contributed by atoms with Gasteiger partial charge in [-0.2, -0.15) is 0 Å². The van der Waals surface area contributed by atoms with Gasteiger partial charge in [0.15, 0.2) is 0 Å². The molecule has 0 aromatic carbocycles. The Morgan fingerprint density at radius 1 is 1.53 bits per heavy atom. The van der Waals surface area contributed by atoms with Crippen molar-refractivity contribution in [2.45, 2.75) is 33.2 Å². The minimum absolute atomic E-state index is 0.132. The lowest BCUT2D eigenvalue weighted by Crippen LogP contribution is -2.38. The molecule has 0 aromatic rings. The third kappa shape index (κ3) is 4.48. The molecule has 90 valence electrons. The Labute approximate surface area is 91.6 Å². The van der Waals surface area contributed by atoms with Crippen molar-refractivity contribution in [3.63, 3.8) is 0 Å². The van der Waals surface area contributed by atoms with E-state index in [-0.39, 0.29) is 23.9 Å². The van der Waals surface area contributed by atoms with E-state index in [0.717, 1.165) is 13.0 Å². The number of aliphatic hydroxyl groups is 1. The molecule has 1 unspecified atom stereocenters. The van der Waals surface area contributed by atoms with E-state index in [9.17, 15) is 0 Å². The van der Waals surface area contributed by atoms with Gasteiger partial charge in [0.1, 0.15) is 5.84 Å². The molecule has 4 N–H and O–H groups in total. The highest BCUT2D eigenvalue weighted by atomic mass is 16.4. The third-order valence-electron chi connectivity index (χ3n) is 2.91. The number of hydrogen-bond acceptors (Lipinski definition) is 4. The van der Waals surface area contributed by atoms with Crippen LogP contribution in [0.2, 0.25) is 0 Å². The molecule has 15 heavy (non-hydrogen) atoms. The van der Waals surface area contributed by atoms with Crippen molar-refractivity contribution in [2.75, 3.05) is 20.2 Å². The van der Waals surface area contributed by atoms with Crippen LogP contribution < -0.4 is 5.73 Å². The maximum absolute atomic E-state index is 8.96. The van der Waals surface area contributed by atoms with E-state index in [4.69, 9.17) is 16.0 Å². The minimum atomic E-state index is -0.321. The Kier molecular flexibility index (Phi) is 5.60. The number of rotatable bonds is 6. The van der Waals surface area contributed by atoms with Gasteiger partial charge in [0.05, 0.1) is 6.61 Å². The second-order valence-corrected chi connectivity index (χ2v) is 4.63. The van der Waals surface area contributed by atoms with Crippen LogP contribution in [0.15, 0.2) is 5.16 Å². The van der Waals surface area contributed by atoms with Gasteiger partial charge in [-0.3, -0.25) is 0 Å². The zero-order valence-corrected chi connectivity index (χ0v) is 10.1. The second kappa shape index (κ2) is 5.92. The molecule has 0 saturated carbocycles. The maximum Gasteiger partial charge on any atom is 0.144 e. The molecular formula is C10H23N3O2. The SMILES string of the molecule is CC(CO)N(C)CCC(C)(C)C(N)=NO. The van der Waals surface area contributed by atoms with Crippen molar-refractivity contribution in [3.05, 3.63) is 0 Å². The lowest BCUT2D eigenvalue weighted by molar-refractivity contribution is 0.150. The number of oxime groups is 1. The summed E-state index contributed by atoms with van der Waals surface area (Å²) < 4.78 is 0. The fourth-order valence-electron chi connectivity index (χ4n) is 1.08. The van der Waals surface area contributed by atoms with Gasteiger partial charge < -0.3 is 20.9 Å². The molecule has 5 nitrogen and oxygen atoms in total. The van der Waals surface area contributed by atoms with Crippen molar-refractivity contribution in [1.82, 2.24) is 4.90 Å². The lowest BCUT2D eigenvalue weighted by Gasteiger charge is -2.28. The summed E-state index contributed by atoms with van der Waals surface area (Å²) in [7, 11) is 1.95. The molecule has 1 atom stereocenters. The Morgan fingerprint density at radius 2 is 2.07 bits per heavy atom. The summed E-state index contributed by atoms with van der Waals surface area (Å²) in [6.07, 6.45) is 0.781. The highest BCUT2D eigenvalue weighted by molar-refractivity contribution is 5.85. The third-order valence-corrected chi connectivity index (χ3v) is 2.91. The predicted octanol–water partition coefficient (Wildman–Crippen LogP) is 0.462. The number of amidine groups is 1. The van der Waals surface area contributed by atoms with Gasteiger partial charge in [-0.05, 0) is 26.9 Å². The Bertz CT molecular complexity index is 217. The molecule has 0 radical (unpaired) electrons. The highest BCUT2D eigenvalue weighted by Gasteiger charge is 2.24. The van der Waals surface area contributed by atoms with E-state index in [1.165, 1.54) is 0 Å². The van der Waals surface area contributed by atoms with E-state index in [1.807, 2.05) is 32.7 Å². The highest BCUT2D eigenvalue weighted by Crippen LogP contribution is 2.20. The van der Waals surface area contributed by atoms with Gasteiger partial charge in [-0.25, -0.2) is 0 Å². The van der Waals surface area contributed by atoms with Crippen molar-refractivity contribution in [3.8, 4) is 0 Å². The van der Waals surface area contributed by atoms with Crippen molar-refractivity contribution < 1.29 is 10.3 Å². The molecule has 0 heterocycles. The van der Waals surface area contributed by atoms with E-state index >= 15 is 0 Å². The molecule has 5 heteroatoms. The zero-order valence-electron chi connectivity index (χ0n) is 10.1. The van der Waals surface area contributed by atoms with Gasteiger partial charge in [-0.15, -0.1) is 0 Å². The first-order chi connectivity index (χ1) is 6.85. The molecule has 0 aliphatic heterocycles. The molecule has 0 aliphatic rings. The van der Waals surface area contributed by atoms with Crippen molar-refractivity contribution in [2.24, 2.45) is 16.3 Å². The summed E-state index contributed by atoms with van der Waals surface area (Å²) in [5, 5.41) is 20.6. The largest absolute Gasteiger partial charge is 0.409 e. The van der Waals surface area contributed by atoms with E-state index in [1.54, 1.807) is 0 Å². The fraction of sp³-hybridized carbons (Fsp3) is 0.900. The second-order valence-electron chi connectivity index (χ2n) is 4.63. The van der Waals surface area contributed by atoms with Crippen LogP contribution in [0.4, 0.5) is 0 Å². The molecule has 0 spiro atoms. The van der Waals surface area contributed by atoms with E-state index in [0.29, 0.717) is 0 Å². The van der Waals surface area contributed by atoms with Gasteiger partial charge >= 0.3 is 0 Å². The number of nitrogens with two attached hydrogens (primary N) is 1. The summed E-state index contributed by atoms with van der Waals surface area (Å²) >= 11 is 0. The summed E-state index contributed by atoms with van der Waals surface area (Å²) in [5.74, 6) is 0.243. The van der Waals surface area contributed by atoms with Crippen LogP contribution in [-0.2, 0) is 0 Å². The van der Waals surface area contributed by atoms with Gasteiger partial charge in [0.25, 0.3) is 0 Å². The topological polar surface area (TPSA) is 82.1 Å². The summed E-state index contributed by atoms with van der Waals surface area (Å²) in [5.41, 5.74) is 5.26. The summed E-state index contributed by atoms with van der Waals surface area (Å²) in [6, 6.07) is 0.132. The Balaban J connectivity index is 4.15. The molecule has 0 rings (SSSR count). The van der Waals surface area contributed by atoms with Crippen LogP contribution >= 0.6 is 0 Å². The average Bonchev–Trinajstić information content (AvgIpc) is 2.23. The first-order valence-electron chi connectivity index (χ1n) is 5.14. The molecule has 0 aromatic heterocycles. The van der Waals surface area contributed by atoms with Crippen LogP contribution in [0.25, 0.3) is 0 Å². The van der Waals surface area contributed by atoms with Gasteiger partial charge in [0, 0.05) is 11.5 Å². The first-order valence-corrected chi connectivity index (χ1v) is 5.14. The van der Waals surface area contributed by atoms with Crippen LogP contribution in [0, 0.1) is 5.41 Å². The van der Waals surface area contributed by atoms with Crippen molar-refractivity contribution in [1.29, 1.82) is 0 Å². The first kappa shape index (κ1) is 14.2. The smallest absolute Gasteiger partial charge is 0.144 e. The minimum Gasteiger partial charge on any atom is -0.409 e. The molecule has 0 fully saturated rings. The normalized spacial score (nSPS) is 15.7. The quantitative estimate of drug-likeness (QED) is 0.261. The molecular weight excluding hydrogens is 194 g/mol. The Morgan fingerprint density at radius 3 is 2.47 bits per heavy atom. The standard InChI is InChI=1S/C10H23N3O2/c1-8(7-14)13(4)6-5-10(2,3)9(11)12-15/h8,14-15H,5-7H2,1-4H3,(H2,11,12). The summed E-state index contributed by atoms with van der Waals surface area (Å²) in [4.78, 5) is 2.05. The van der Waals surface area contributed by atoms with Crippen LogP contribution in [0.5, 0.6) is 0 Å². The van der Waals surface area contributed by atoms with Crippen molar-refractivity contribution >= 4 is 5.84 Å². The van der Waals surface area contributed by atoms with E-state index in [2.05, 4.69) is 5.16 Å². The number of hydrogen-bond donors (Lipinski definition) is 3. The average molecular weight is 217 g/mol. The molecule has 0 amide bonds. The molecule has 0 bridgehead atoms. The Hall–Kier alpha value is -0.810. The number of nitrogens with zero attached hydrogens (tertiary/aromatic N) is 2. The maximum atomic E-state index is 8.96. The number of aliphatic hydroxyl groups excluding tert-OH is 1. The van der Waals surface area contributed by atoms with Crippen LogP contribution in [0.3, 0.4) is 0 Å². The monoisotopic (exact) mass is 217 g/mol. The summed E-state index contributed by atoms with van der Waals surface area (Å²) in [6.45, 7) is 6.75. The fourth-order valence-corrected chi connectivity index (χ4v) is 1.08. The van der Waals surface area contributed by atoms with Crippen LogP contribution in [-0.4, -0.2) is 47.3 Å². The molecule has 0 aliphatic carbocycles. The molecule has 0 saturated heterocycles. The van der Waals surface area contributed by atoms with E-state index < -0.39 is 0 Å². The predicted molar refractivity (Wildman–Crippen MR) is 61.0 cm³/mol. The lowest BCUT2D eigenvalue weighted by atomic mass is 9.88. The zero-order chi connectivity index (χ0) is 12.1. The van der Waals surface area contributed by atoms with Crippen LogP contribution in [0.1, 0.15) is 27.2 Å². The van der Waals surface area contributed by atoms with Gasteiger partial charge in [0.2, 0.25) is 0 Å².